The number of nitrogens with zero attached hydrogens (tertiary/aromatic N) is 3. The number of carboxylic acid groups (broad SMARTS) is 1. The Hall–Kier alpha value is -2.96. The molecule has 0 aliphatic carbocycles. The van der Waals surface area contributed by atoms with E-state index in [9.17, 15) is 14.0 Å². The molecule has 0 bridgehead atoms. The Bertz CT molecular complexity index is 808. The van der Waals surface area contributed by atoms with Gasteiger partial charge in [-0.15, -0.1) is 0 Å². The highest BCUT2D eigenvalue weighted by atomic mass is 19.1. The van der Waals surface area contributed by atoms with Gasteiger partial charge in [0, 0.05) is 25.8 Å². The van der Waals surface area contributed by atoms with Crippen LogP contribution in [0.1, 0.15) is 34.2 Å². The molecule has 0 atom stereocenters. The first-order valence-electron chi connectivity index (χ1n) is 8.07. The molecule has 1 aliphatic rings. The minimum atomic E-state index is -1.15. The highest BCUT2D eigenvalue weighted by Gasteiger charge is 2.27. The Morgan fingerprint density at radius 2 is 2.00 bits per heavy atom. The van der Waals surface area contributed by atoms with Crippen molar-refractivity contribution in [1.29, 1.82) is 0 Å². The van der Waals surface area contributed by atoms with Crippen molar-refractivity contribution in [2.75, 3.05) is 29.4 Å². The third-order valence-electron chi connectivity index (χ3n) is 4.13. The van der Waals surface area contributed by atoms with Crippen molar-refractivity contribution in [3.8, 4) is 0 Å². The average Bonchev–Trinajstić information content (AvgIpc) is 2.62. The molecule has 0 spiro atoms. The first kappa shape index (κ1) is 16.9. The van der Waals surface area contributed by atoms with Crippen molar-refractivity contribution >= 4 is 23.3 Å². The second-order valence-electron chi connectivity index (χ2n) is 5.81. The molecule has 0 radical (unpaired) electrons. The van der Waals surface area contributed by atoms with Crippen molar-refractivity contribution in [2.24, 2.45) is 0 Å². The number of halogens is 1. The first-order valence-corrected chi connectivity index (χ1v) is 8.07. The fourth-order valence-corrected chi connectivity index (χ4v) is 2.96. The fraction of sp³-hybridized carbons (Fsp3) is 0.278. The summed E-state index contributed by atoms with van der Waals surface area (Å²) in [5, 5.41) is 8.90. The number of rotatable bonds is 4. The minimum absolute atomic E-state index is 0.119. The first-order chi connectivity index (χ1) is 12.0. The van der Waals surface area contributed by atoms with Crippen molar-refractivity contribution in [3.05, 3.63) is 53.6 Å². The summed E-state index contributed by atoms with van der Waals surface area (Å²) in [5.74, 6) is -1.77. The van der Waals surface area contributed by atoms with Crippen LogP contribution >= 0.6 is 0 Å². The molecule has 1 N–H and O–H groups in total. The molecule has 0 saturated heterocycles. The lowest BCUT2D eigenvalue weighted by Crippen LogP contribution is -2.44. The van der Waals surface area contributed by atoms with Crippen molar-refractivity contribution in [2.45, 2.75) is 13.3 Å². The summed E-state index contributed by atoms with van der Waals surface area (Å²) in [4.78, 5) is 31.1. The second kappa shape index (κ2) is 6.88. The van der Waals surface area contributed by atoms with Gasteiger partial charge >= 0.3 is 5.97 Å². The van der Waals surface area contributed by atoms with E-state index >= 15 is 0 Å². The van der Waals surface area contributed by atoms with Crippen LogP contribution in [0.25, 0.3) is 0 Å². The number of benzene rings is 1. The van der Waals surface area contributed by atoms with Gasteiger partial charge in [0.1, 0.15) is 11.5 Å². The van der Waals surface area contributed by atoms with Crippen molar-refractivity contribution < 1.29 is 19.1 Å². The summed E-state index contributed by atoms with van der Waals surface area (Å²) in [6.07, 6.45) is 2.18. The molecule has 1 aromatic carbocycles. The number of fused-ring (bicyclic) bond motifs is 1. The number of carbonyl (C=O) groups excluding carboxylic acids is 1. The lowest BCUT2D eigenvalue weighted by atomic mass is 10.1. The van der Waals surface area contributed by atoms with Crippen LogP contribution in [0.2, 0.25) is 0 Å². The number of aromatic carboxylic acids is 1. The highest BCUT2D eigenvalue weighted by Crippen LogP contribution is 2.34. The Labute approximate surface area is 144 Å². The molecule has 2 heterocycles. The summed E-state index contributed by atoms with van der Waals surface area (Å²) >= 11 is 0. The molecule has 3 rings (SSSR count). The maximum Gasteiger partial charge on any atom is 0.354 e. The number of pyridine rings is 1. The van der Waals surface area contributed by atoms with Gasteiger partial charge in [-0.2, -0.15) is 0 Å². The summed E-state index contributed by atoms with van der Waals surface area (Å²) in [5.41, 5.74) is 1.51. The van der Waals surface area contributed by atoms with Gasteiger partial charge in [0.25, 0.3) is 5.91 Å². The lowest BCUT2D eigenvalue weighted by molar-refractivity contribution is 0.0690. The monoisotopic (exact) mass is 343 g/mol. The molecule has 7 heteroatoms. The van der Waals surface area contributed by atoms with Crippen LogP contribution in [0.15, 0.2) is 36.5 Å². The second-order valence-corrected chi connectivity index (χ2v) is 5.81. The molecule has 1 aromatic heterocycles. The van der Waals surface area contributed by atoms with Gasteiger partial charge in [0.05, 0.1) is 16.9 Å². The zero-order valence-electron chi connectivity index (χ0n) is 13.8. The van der Waals surface area contributed by atoms with E-state index in [2.05, 4.69) is 9.88 Å². The lowest BCUT2D eigenvalue weighted by Gasteiger charge is -2.37. The zero-order valence-corrected chi connectivity index (χ0v) is 13.8. The van der Waals surface area contributed by atoms with Gasteiger partial charge < -0.3 is 14.9 Å². The van der Waals surface area contributed by atoms with Crippen LogP contribution in [0.5, 0.6) is 0 Å². The van der Waals surface area contributed by atoms with E-state index in [1.54, 1.807) is 11.0 Å². The Morgan fingerprint density at radius 3 is 2.64 bits per heavy atom. The van der Waals surface area contributed by atoms with Gasteiger partial charge in [-0.1, -0.05) is 6.92 Å². The third kappa shape index (κ3) is 3.31. The molecule has 0 saturated carbocycles. The average molecular weight is 343 g/mol. The molecule has 1 aliphatic heterocycles. The van der Waals surface area contributed by atoms with E-state index in [1.807, 2.05) is 6.92 Å². The number of aromatic nitrogens is 1. The number of hydrogen-bond donors (Lipinski definition) is 1. The molecule has 6 nitrogen and oxygen atoms in total. The van der Waals surface area contributed by atoms with Crippen LogP contribution in [0.4, 0.5) is 15.8 Å². The van der Waals surface area contributed by atoms with E-state index in [1.165, 1.54) is 30.5 Å². The van der Waals surface area contributed by atoms with Gasteiger partial charge in [0.15, 0.2) is 0 Å². The quantitative estimate of drug-likeness (QED) is 0.924. The molecule has 2 aromatic rings. The van der Waals surface area contributed by atoms with Crippen LogP contribution in [0, 0.1) is 5.82 Å². The Kier molecular flexibility index (Phi) is 4.65. The predicted molar refractivity (Wildman–Crippen MR) is 91.8 cm³/mol. The smallest absolute Gasteiger partial charge is 0.354 e. The van der Waals surface area contributed by atoms with Crippen molar-refractivity contribution in [3.63, 3.8) is 0 Å². The number of carboxylic acids is 1. The maximum atomic E-state index is 13.7. The van der Waals surface area contributed by atoms with E-state index in [4.69, 9.17) is 5.11 Å². The van der Waals surface area contributed by atoms with Crippen molar-refractivity contribution in [1.82, 2.24) is 4.98 Å². The van der Waals surface area contributed by atoms with E-state index in [0.29, 0.717) is 30.0 Å². The summed E-state index contributed by atoms with van der Waals surface area (Å²) < 4.78 is 13.7. The number of amides is 1. The maximum absolute atomic E-state index is 13.7. The normalized spacial score (nSPS) is 13.5. The largest absolute Gasteiger partial charge is 0.477 e. The Balaban J connectivity index is 1.93. The molecule has 1 amide bonds. The number of hydrogen-bond acceptors (Lipinski definition) is 4. The van der Waals surface area contributed by atoms with E-state index in [-0.39, 0.29) is 17.4 Å². The van der Waals surface area contributed by atoms with E-state index in [0.717, 1.165) is 13.0 Å². The van der Waals surface area contributed by atoms with E-state index < -0.39 is 5.97 Å². The summed E-state index contributed by atoms with van der Waals surface area (Å²) in [6, 6.07) is 7.12. The molecule has 25 heavy (non-hydrogen) atoms. The standard InChI is InChI=1S/C18H18FN3O3/c1-2-7-21-8-9-22(15-6-4-13(19)10-16(15)21)17(23)12-3-5-14(18(24)25)20-11-12/h3-6,10-11H,2,7-9H2,1H3,(H,24,25). The summed E-state index contributed by atoms with van der Waals surface area (Å²) in [6.45, 7) is 3.91. The van der Waals surface area contributed by atoms with Crippen LogP contribution in [0.3, 0.4) is 0 Å². The topological polar surface area (TPSA) is 73.7 Å². The van der Waals surface area contributed by atoms with Crippen LogP contribution in [-0.2, 0) is 0 Å². The SMILES string of the molecule is CCCN1CCN(C(=O)c2ccc(C(=O)O)nc2)c2ccc(F)cc21. The van der Waals surface area contributed by atoms with Crippen LogP contribution < -0.4 is 9.80 Å². The predicted octanol–water partition coefficient (Wildman–Crippen LogP) is 2.80. The molecule has 0 unspecified atom stereocenters. The minimum Gasteiger partial charge on any atom is -0.477 e. The third-order valence-corrected chi connectivity index (χ3v) is 4.13. The number of anilines is 2. The molecular weight excluding hydrogens is 325 g/mol. The molecule has 130 valence electrons. The van der Waals surface area contributed by atoms with Gasteiger partial charge in [-0.25, -0.2) is 14.2 Å². The zero-order chi connectivity index (χ0) is 18.0. The molecule has 0 fully saturated rings. The number of carbonyl (C=O) groups is 2. The van der Waals surface area contributed by atoms with Gasteiger partial charge in [0.2, 0.25) is 0 Å². The van der Waals surface area contributed by atoms with Crippen LogP contribution in [-0.4, -0.2) is 41.6 Å². The highest BCUT2D eigenvalue weighted by molar-refractivity contribution is 6.08. The van der Waals surface area contributed by atoms with Gasteiger partial charge in [-0.05, 0) is 36.8 Å². The molecular formula is C18H18FN3O3. The van der Waals surface area contributed by atoms with Gasteiger partial charge in [-0.3, -0.25) is 4.79 Å². The summed E-state index contributed by atoms with van der Waals surface area (Å²) in [7, 11) is 0. The Morgan fingerprint density at radius 1 is 1.20 bits per heavy atom. The fourth-order valence-electron chi connectivity index (χ4n) is 2.96.